The topological polar surface area (TPSA) is 67.8 Å². The molecule has 2 N–H and O–H groups in total. The highest BCUT2D eigenvalue weighted by Crippen LogP contribution is 2.25. The molecule has 0 heterocycles. The fourth-order valence-electron chi connectivity index (χ4n) is 1.78. The number of aromatic hydroxyl groups is 1. The maximum Gasteiger partial charge on any atom is 0.256 e. The van der Waals surface area contributed by atoms with Gasteiger partial charge in [0.2, 0.25) is 0 Å². The Bertz CT molecular complexity index is 628. The van der Waals surface area contributed by atoms with E-state index in [1.54, 1.807) is 38.3 Å². The summed E-state index contributed by atoms with van der Waals surface area (Å²) in [4.78, 5) is 18.1. The summed E-state index contributed by atoms with van der Waals surface area (Å²) >= 11 is 1.39. The quantitative estimate of drug-likeness (QED) is 0.602. The molecule has 2 rings (SSSR count). The van der Waals surface area contributed by atoms with E-state index >= 15 is 0 Å². The number of carbonyl (C=O) groups is 1. The van der Waals surface area contributed by atoms with Gasteiger partial charge in [0.15, 0.2) is 0 Å². The third-order valence-corrected chi connectivity index (χ3v) is 4.20. The molecule has 2 aromatic carbocycles. The lowest BCUT2D eigenvalue weighted by molar-refractivity contribution is -0.133. The van der Waals surface area contributed by atoms with Crippen molar-refractivity contribution >= 4 is 17.7 Å². The van der Waals surface area contributed by atoms with E-state index in [-0.39, 0.29) is 23.5 Å². The van der Waals surface area contributed by atoms with Crippen molar-refractivity contribution in [3.8, 4) is 11.5 Å². The number of hydroxylamine groups is 1. The Hall–Kier alpha value is -2.18. The van der Waals surface area contributed by atoms with Crippen LogP contribution in [0.1, 0.15) is 12.5 Å². The van der Waals surface area contributed by atoms with Gasteiger partial charge in [0.1, 0.15) is 11.5 Å². The van der Waals surface area contributed by atoms with Crippen molar-refractivity contribution < 1.29 is 19.5 Å². The lowest BCUT2D eigenvalue weighted by Gasteiger charge is -2.12. The fourth-order valence-corrected chi connectivity index (χ4v) is 2.63. The number of hydrogen-bond donors (Lipinski definition) is 2. The molecule has 0 aliphatic carbocycles. The molecule has 2 aromatic rings. The van der Waals surface area contributed by atoms with Gasteiger partial charge in [-0.3, -0.25) is 9.63 Å². The molecule has 1 atom stereocenters. The molecule has 0 fully saturated rings. The van der Waals surface area contributed by atoms with Crippen LogP contribution in [0.15, 0.2) is 53.4 Å². The molecule has 6 heteroatoms. The second-order valence-corrected chi connectivity index (χ2v) is 6.27. The standard InChI is InChI=1S/C17H19NO4S/c1-12(23-16-9-5-14(19)6-10-16)17(20)18-22-11-13-3-7-15(21-2)8-4-13/h3-10,12,19H,11H2,1-2H3,(H,18,20). The van der Waals surface area contributed by atoms with Gasteiger partial charge in [-0.2, -0.15) is 0 Å². The van der Waals surface area contributed by atoms with Crippen LogP contribution in [-0.4, -0.2) is 23.4 Å². The Morgan fingerprint density at radius 2 is 1.83 bits per heavy atom. The van der Waals surface area contributed by atoms with Crippen LogP contribution in [0.2, 0.25) is 0 Å². The lowest BCUT2D eigenvalue weighted by Crippen LogP contribution is -2.30. The smallest absolute Gasteiger partial charge is 0.256 e. The highest BCUT2D eigenvalue weighted by atomic mass is 32.2. The van der Waals surface area contributed by atoms with Gasteiger partial charge < -0.3 is 9.84 Å². The molecule has 0 saturated heterocycles. The first-order valence-electron chi connectivity index (χ1n) is 7.09. The number of hydrogen-bond acceptors (Lipinski definition) is 5. The minimum atomic E-state index is -0.310. The molecule has 0 aliphatic rings. The van der Waals surface area contributed by atoms with Crippen LogP contribution in [0.3, 0.4) is 0 Å². The fraction of sp³-hybridized carbons (Fsp3) is 0.235. The third-order valence-electron chi connectivity index (χ3n) is 3.09. The second-order valence-electron chi connectivity index (χ2n) is 4.86. The van der Waals surface area contributed by atoms with E-state index in [9.17, 15) is 9.90 Å². The molecular formula is C17H19NO4S. The molecule has 1 unspecified atom stereocenters. The Morgan fingerprint density at radius 3 is 2.43 bits per heavy atom. The van der Waals surface area contributed by atoms with E-state index in [1.807, 2.05) is 24.3 Å². The number of carbonyl (C=O) groups excluding carboxylic acids is 1. The molecule has 0 aromatic heterocycles. The van der Waals surface area contributed by atoms with Crippen molar-refractivity contribution in [1.29, 1.82) is 0 Å². The molecule has 0 radical (unpaired) electrons. The van der Waals surface area contributed by atoms with E-state index in [0.29, 0.717) is 0 Å². The molecule has 1 amide bonds. The highest BCUT2D eigenvalue weighted by molar-refractivity contribution is 8.00. The minimum absolute atomic E-state index is 0.203. The van der Waals surface area contributed by atoms with Crippen LogP contribution >= 0.6 is 11.8 Å². The second kappa shape index (κ2) is 8.45. The zero-order valence-corrected chi connectivity index (χ0v) is 13.8. The summed E-state index contributed by atoms with van der Waals surface area (Å²) in [6, 6.07) is 14.1. The van der Waals surface area contributed by atoms with Crippen LogP contribution in [0.25, 0.3) is 0 Å². The zero-order chi connectivity index (χ0) is 16.7. The van der Waals surface area contributed by atoms with Crippen LogP contribution in [0, 0.1) is 0 Å². The van der Waals surface area contributed by atoms with Crippen LogP contribution in [-0.2, 0) is 16.2 Å². The Morgan fingerprint density at radius 1 is 1.17 bits per heavy atom. The maximum absolute atomic E-state index is 12.0. The third kappa shape index (κ3) is 5.50. The van der Waals surface area contributed by atoms with Gasteiger partial charge in [0, 0.05) is 4.90 Å². The van der Waals surface area contributed by atoms with Gasteiger partial charge in [-0.05, 0) is 48.9 Å². The van der Waals surface area contributed by atoms with Crippen molar-refractivity contribution in [2.45, 2.75) is 23.7 Å². The first kappa shape index (κ1) is 17.2. The van der Waals surface area contributed by atoms with Crippen molar-refractivity contribution in [3.05, 3.63) is 54.1 Å². The predicted octanol–water partition coefficient (Wildman–Crippen LogP) is 3.13. The first-order valence-corrected chi connectivity index (χ1v) is 7.96. The summed E-state index contributed by atoms with van der Waals surface area (Å²) in [6.07, 6.45) is 0. The molecule has 0 bridgehead atoms. The number of rotatable bonds is 7. The average molecular weight is 333 g/mol. The number of nitrogens with one attached hydrogen (secondary N) is 1. The normalized spacial score (nSPS) is 11.7. The predicted molar refractivity (Wildman–Crippen MR) is 89.4 cm³/mol. The summed E-state index contributed by atoms with van der Waals surface area (Å²) in [7, 11) is 1.61. The minimum Gasteiger partial charge on any atom is -0.508 e. The van der Waals surface area contributed by atoms with E-state index in [0.717, 1.165) is 16.2 Å². The summed E-state index contributed by atoms with van der Waals surface area (Å²) < 4.78 is 5.08. The summed E-state index contributed by atoms with van der Waals surface area (Å²) in [5, 5.41) is 8.93. The Kier molecular flexibility index (Phi) is 6.31. The number of amides is 1. The van der Waals surface area contributed by atoms with Gasteiger partial charge in [-0.25, -0.2) is 5.48 Å². The van der Waals surface area contributed by atoms with E-state index in [2.05, 4.69) is 5.48 Å². The monoisotopic (exact) mass is 333 g/mol. The summed E-state index contributed by atoms with van der Waals surface area (Å²) in [5.41, 5.74) is 3.39. The van der Waals surface area contributed by atoms with E-state index in [4.69, 9.17) is 9.57 Å². The maximum atomic E-state index is 12.0. The lowest BCUT2D eigenvalue weighted by atomic mass is 10.2. The van der Waals surface area contributed by atoms with Gasteiger partial charge in [-0.1, -0.05) is 12.1 Å². The molecule has 0 saturated carbocycles. The highest BCUT2D eigenvalue weighted by Gasteiger charge is 2.14. The molecule has 0 spiro atoms. The van der Waals surface area contributed by atoms with E-state index in [1.165, 1.54) is 11.8 Å². The summed E-state index contributed by atoms with van der Waals surface area (Å²) in [6.45, 7) is 2.08. The number of benzene rings is 2. The van der Waals surface area contributed by atoms with Gasteiger partial charge in [0.25, 0.3) is 5.91 Å². The Labute approximate surface area is 139 Å². The van der Waals surface area contributed by atoms with Gasteiger partial charge >= 0.3 is 0 Å². The molecule has 23 heavy (non-hydrogen) atoms. The number of thioether (sulfide) groups is 1. The number of phenols is 1. The molecule has 5 nitrogen and oxygen atoms in total. The molecular weight excluding hydrogens is 314 g/mol. The number of phenolic OH excluding ortho intramolecular Hbond substituents is 1. The van der Waals surface area contributed by atoms with Crippen molar-refractivity contribution in [2.75, 3.05) is 7.11 Å². The van der Waals surface area contributed by atoms with Crippen LogP contribution < -0.4 is 10.2 Å². The van der Waals surface area contributed by atoms with Crippen LogP contribution in [0.4, 0.5) is 0 Å². The van der Waals surface area contributed by atoms with Crippen molar-refractivity contribution in [3.63, 3.8) is 0 Å². The number of methoxy groups -OCH3 is 1. The van der Waals surface area contributed by atoms with Gasteiger partial charge in [0.05, 0.1) is 19.0 Å². The Balaban J connectivity index is 1.75. The SMILES string of the molecule is COc1ccc(CONC(=O)C(C)Sc2ccc(O)cc2)cc1. The van der Waals surface area contributed by atoms with Gasteiger partial charge in [-0.15, -0.1) is 11.8 Å². The van der Waals surface area contributed by atoms with Crippen molar-refractivity contribution in [1.82, 2.24) is 5.48 Å². The first-order chi connectivity index (χ1) is 11.1. The average Bonchev–Trinajstić information content (AvgIpc) is 2.57. The summed E-state index contributed by atoms with van der Waals surface area (Å²) in [5.74, 6) is 0.766. The molecule has 122 valence electrons. The zero-order valence-electron chi connectivity index (χ0n) is 13.0. The van der Waals surface area contributed by atoms with Crippen molar-refractivity contribution in [2.24, 2.45) is 0 Å². The van der Waals surface area contributed by atoms with Crippen LogP contribution in [0.5, 0.6) is 11.5 Å². The molecule has 0 aliphatic heterocycles. The number of ether oxygens (including phenoxy) is 1. The van der Waals surface area contributed by atoms with E-state index < -0.39 is 0 Å². The largest absolute Gasteiger partial charge is 0.508 e.